The number of benzene rings is 2. The van der Waals surface area contributed by atoms with Gasteiger partial charge >= 0.3 is 0 Å². The van der Waals surface area contributed by atoms with Gasteiger partial charge in [-0.05, 0) is 29.5 Å². The average Bonchev–Trinajstić information content (AvgIpc) is 2.94. The number of rotatable bonds is 1. The Bertz CT molecular complexity index is 1160. The minimum absolute atomic E-state index is 0.000343. The number of hydrogen-bond acceptors (Lipinski definition) is 5. The minimum atomic E-state index is -0.597. The average molecular weight is 387 g/mol. The maximum Gasteiger partial charge on any atom is 0.173 e. The van der Waals surface area contributed by atoms with E-state index in [0.29, 0.717) is 35.3 Å². The predicted octanol–water partition coefficient (Wildman–Crippen LogP) is 4.14. The number of aromatic hydroxyl groups is 2. The summed E-state index contributed by atoms with van der Waals surface area (Å²) in [5.74, 6) is -1.67. The molecule has 5 rings (SSSR count). The van der Waals surface area contributed by atoms with Crippen LogP contribution >= 0.6 is 0 Å². The monoisotopic (exact) mass is 387 g/mol. The first-order chi connectivity index (χ1) is 13.8. The molecule has 2 N–H and O–H groups in total. The van der Waals surface area contributed by atoms with E-state index in [1.807, 2.05) is 18.2 Å². The number of carbonyl (C=O) groups excluding carboxylic acids is 2. The van der Waals surface area contributed by atoms with E-state index in [-0.39, 0.29) is 28.5 Å². The highest BCUT2D eigenvalue weighted by molar-refractivity contribution is 6.30. The third kappa shape index (κ3) is 2.57. The first kappa shape index (κ1) is 17.9. The van der Waals surface area contributed by atoms with Gasteiger partial charge in [-0.1, -0.05) is 44.2 Å². The summed E-state index contributed by atoms with van der Waals surface area (Å²) in [6.45, 7) is 4.10. The van der Waals surface area contributed by atoms with Gasteiger partial charge in [0.05, 0.1) is 11.6 Å². The Hall–Kier alpha value is -3.21. The standard InChI is InChI=1S/C24H21NO4/c1-24(2)10-15-20(18(28)11-24)19(12-7-8-16(26)17(27)9-12)21-22(25-15)13-5-3-4-6-14(13)23(21)29/h3-9,19,21,26-27H,10-11H2,1-2H3/t19-,21+/m1/s1. The lowest BCUT2D eigenvalue weighted by Crippen LogP contribution is -2.37. The van der Waals surface area contributed by atoms with Gasteiger partial charge in [-0.3, -0.25) is 14.6 Å². The van der Waals surface area contributed by atoms with Crippen molar-refractivity contribution in [3.63, 3.8) is 0 Å². The molecule has 0 saturated heterocycles. The summed E-state index contributed by atoms with van der Waals surface area (Å²) in [7, 11) is 0. The molecule has 2 aliphatic carbocycles. The fraction of sp³-hybridized carbons (Fsp3) is 0.292. The van der Waals surface area contributed by atoms with Crippen LogP contribution in [-0.2, 0) is 4.79 Å². The van der Waals surface area contributed by atoms with Crippen LogP contribution in [0.4, 0.5) is 0 Å². The molecule has 0 amide bonds. The molecule has 2 aromatic carbocycles. The van der Waals surface area contributed by atoms with Crippen LogP contribution in [0.25, 0.3) is 0 Å². The molecule has 146 valence electrons. The third-order valence-corrected chi connectivity index (χ3v) is 6.20. The SMILES string of the molecule is CC1(C)CC(=O)C2=C(C1)N=C1c3ccccc3C(=O)[C@H]1[C@@H]2c1ccc(O)c(O)c1. The Morgan fingerprint density at radius 2 is 1.66 bits per heavy atom. The molecule has 0 unspecified atom stereocenters. The molecule has 1 aliphatic heterocycles. The van der Waals surface area contributed by atoms with E-state index < -0.39 is 11.8 Å². The van der Waals surface area contributed by atoms with Crippen molar-refractivity contribution in [2.75, 3.05) is 0 Å². The normalized spacial score (nSPS) is 24.7. The van der Waals surface area contributed by atoms with Gasteiger partial charge in [0.15, 0.2) is 23.1 Å². The van der Waals surface area contributed by atoms with Crippen molar-refractivity contribution in [1.82, 2.24) is 0 Å². The van der Waals surface area contributed by atoms with E-state index >= 15 is 0 Å². The van der Waals surface area contributed by atoms with Gasteiger partial charge < -0.3 is 10.2 Å². The predicted molar refractivity (Wildman–Crippen MR) is 108 cm³/mol. The van der Waals surface area contributed by atoms with Crippen molar-refractivity contribution in [3.05, 3.63) is 70.4 Å². The van der Waals surface area contributed by atoms with Crippen LogP contribution in [0.1, 0.15) is 54.1 Å². The van der Waals surface area contributed by atoms with Crippen LogP contribution in [0.2, 0.25) is 0 Å². The molecule has 0 fully saturated rings. The summed E-state index contributed by atoms with van der Waals surface area (Å²) in [5.41, 5.74) is 3.89. The van der Waals surface area contributed by atoms with Crippen LogP contribution in [0.5, 0.6) is 11.5 Å². The zero-order valence-corrected chi connectivity index (χ0v) is 16.3. The van der Waals surface area contributed by atoms with Crippen molar-refractivity contribution in [3.8, 4) is 11.5 Å². The number of phenolic OH excluding ortho intramolecular Hbond substituents is 2. The lowest BCUT2D eigenvalue weighted by atomic mass is 9.66. The number of carbonyl (C=O) groups is 2. The lowest BCUT2D eigenvalue weighted by Gasteiger charge is -2.38. The van der Waals surface area contributed by atoms with Crippen molar-refractivity contribution < 1.29 is 19.8 Å². The molecular formula is C24H21NO4. The van der Waals surface area contributed by atoms with Crippen LogP contribution in [0, 0.1) is 11.3 Å². The van der Waals surface area contributed by atoms with Crippen molar-refractivity contribution in [2.24, 2.45) is 16.3 Å². The fourth-order valence-corrected chi connectivity index (χ4v) is 4.98. The number of nitrogens with zero attached hydrogens (tertiary/aromatic N) is 1. The Kier molecular flexibility index (Phi) is 3.63. The van der Waals surface area contributed by atoms with E-state index in [1.165, 1.54) is 12.1 Å². The molecule has 0 radical (unpaired) electrons. The molecule has 1 heterocycles. The van der Waals surface area contributed by atoms with Gasteiger partial charge in [-0.2, -0.15) is 0 Å². The van der Waals surface area contributed by atoms with Crippen LogP contribution in [0.15, 0.2) is 58.7 Å². The van der Waals surface area contributed by atoms with Gasteiger partial charge in [0, 0.05) is 34.7 Å². The number of Topliss-reactive ketones (excluding diaryl/α,β-unsaturated/α-hetero) is 2. The number of ketones is 2. The Balaban J connectivity index is 1.77. The molecule has 2 atom stereocenters. The van der Waals surface area contributed by atoms with Crippen molar-refractivity contribution >= 4 is 17.3 Å². The van der Waals surface area contributed by atoms with E-state index in [9.17, 15) is 19.8 Å². The molecule has 5 heteroatoms. The molecule has 0 spiro atoms. The fourth-order valence-electron chi connectivity index (χ4n) is 4.98. The summed E-state index contributed by atoms with van der Waals surface area (Å²) in [5, 5.41) is 19.8. The van der Waals surface area contributed by atoms with Gasteiger partial charge in [-0.25, -0.2) is 0 Å². The van der Waals surface area contributed by atoms with Gasteiger partial charge in [-0.15, -0.1) is 0 Å². The number of fused-ring (bicyclic) bond motifs is 3. The Morgan fingerprint density at radius 1 is 0.931 bits per heavy atom. The van der Waals surface area contributed by atoms with Crippen LogP contribution < -0.4 is 0 Å². The number of allylic oxidation sites excluding steroid dienone is 2. The second-order valence-corrected chi connectivity index (χ2v) is 8.91. The molecule has 29 heavy (non-hydrogen) atoms. The number of phenols is 2. The summed E-state index contributed by atoms with van der Waals surface area (Å²) in [6, 6.07) is 12.0. The maximum absolute atomic E-state index is 13.3. The van der Waals surface area contributed by atoms with Crippen LogP contribution in [0.3, 0.4) is 0 Å². The quantitative estimate of drug-likeness (QED) is 0.720. The summed E-state index contributed by atoms with van der Waals surface area (Å²) >= 11 is 0. The first-order valence-corrected chi connectivity index (χ1v) is 9.77. The lowest BCUT2D eigenvalue weighted by molar-refractivity contribution is -0.118. The van der Waals surface area contributed by atoms with Crippen molar-refractivity contribution in [1.29, 1.82) is 0 Å². The topological polar surface area (TPSA) is 87.0 Å². The molecule has 3 aliphatic rings. The van der Waals surface area contributed by atoms with Crippen molar-refractivity contribution in [2.45, 2.75) is 32.6 Å². The first-order valence-electron chi connectivity index (χ1n) is 9.77. The van der Waals surface area contributed by atoms with E-state index in [4.69, 9.17) is 4.99 Å². The zero-order chi connectivity index (χ0) is 20.5. The summed E-state index contributed by atoms with van der Waals surface area (Å²) < 4.78 is 0. The highest BCUT2D eigenvalue weighted by Gasteiger charge is 2.50. The van der Waals surface area contributed by atoms with Gasteiger partial charge in [0.2, 0.25) is 0 Å². The third-order valence-electron chi connectivity index (χ3n) is 6.20. The molecular weight excluding hydrogens is 366 g/mol. The zero-order valence-electron chi connectivity index (χ0n) is 16.3. The second kappa shape index (κ2) is 5.89. The highest BCUT2D eigenvalue weighted by atomic mass is 16.3. The largest absolute Gasteiger partial charge is 0.504 e. The van der Waals surface area contributed by atoms with Crippen LogP contribution in [-0.4, -0.2) is 27.5 Å². The van der Waals surface area contributed by atoms with Gasteiger partial charge in [0.25, 0.3) is 0 Å². The molecule has 5 nitrogen and oxygen atoms in total. The van der Waals surface area contributed by atoms with Gasteiger partial charge in [0.1, 0.15) is 0 Å². The number of hydrogen-bond donors (Lipinski definition) is 2. The minimum Gasteiger partial charge on any atom is -0.504 e. The Morgan fingerprint density at radius 3 is 2.38 bits per heavy atom. The second-order valence-electron chi connectivity index (χ2n) is 8.91. The highest BCUT2D eigenvalue weighted by Crippen LogP contribution is 2.51. The molecule has 2 aromatic rings. The van der Waals surface area contributed by atoms with E-state index in [1.54, 1.807) is 12.1 Å². The summed E-state index contributed by atoms with van der Waals surface area (Å²) in [6.07, 6.45) is 1.05. The maximum atomic E-state index is 13.3. The smallest absolute Gasteiger partial charge is 0.173 e. The molecule has 0 saturated carbocycles. The number of aliphatic imine (C=N–C) groups is 1. The Labute approximate surface area is 168 Å². The summed E-state index contributed by atoms with van der Waals surface area (Å²) in [4.78, 5) is 31.4. The molecule has 0 aromatic heterocycles. The van der Waals surface area contributed by atoms with E-state index in [0.717, 1.165) is 11.3 Å². The molecule has 0 bridgehead atoms. The van der Waals surface area contributed by atoms with E-state index in [2.05, 4.69) is 13.8 Å².